The van der Waals surface area contributed by atoms with E-state index in [0.717, 1.165) is 27.3 Å². The molecule has 7 heteroatoms. The number of carboxylic acid groups (broad SMARTS) is 1. The third-order valence-corrected chi connectivity index (χ3v) is 6.45. The molecule has 0 fully saturated rings. The third-order valence-electron chi connectivity index (χ3n) is 5.28. The van der Waals surface area contributed by atoms with Crippen molar-refractivity contribution < 1.29 is 23.8 Å². The summed E-state index contributed by atoms with van der Waals surface area (Å²) in [6, 6.07) is 7.10. The summed E-state index contributed by atoms with van der Waals surface area (Å²) in [5, 5.41) is 10.1. The van der Waals surface area contributed by atoms with Crippen LogP contribution in [0.4, 0.5) is 4.39 Å². The predicted molar refractivity (Wildman–Crippen MR) is 123 cm³/mol. The molecule has 1 aliphatic rings. The quantitative estimate of drug-likeness (QED) is 0.497. The Hall–Kier alpha value is -2.77. The number of carboxylic acids is 1. The maximum atomic E-state index is 15.0. The third kappa shape index (κ3) is 4.40. The average molecular weight is 456 g/mol. The Labute approximate surface area is 190 Å². The number of aryl methyl sites for hydroxylation is 2. The van der Waals surface area contributed by atoms with Crippen LogP contribution in [0.3, 0.4) is 0 Å². The van der Waals surface area contributed by atoms with Crippen LogP contribution >= 0.6 is 11.3 Å². The van der Waals surface area contributed by atoms with E-state index in [1.165, 1.54) is 17.4 Å². The first-order valence-corrected chi connectivity index (χ1v) is 11.4. The number of fused-ring (bicyclic) bond motifs is 1. The van der Waals surface area contributed by atoms with Gasteiger partial charge in [0.15, 0.2) is 17.7 Å². The molecular weight excluding hydrogens is 429 g/mol. The number of hydrogen-bond donors (Lipinski definition) is 1. The first kappa shape index (κ1) is 22.4. The van der Waals surface area contributed by atoms with Crippen LogP contribution in [0.1, 0.15) is 49.3 Å². The standard InChI is InChI=1S/C25H26FNO4S/c1-14-19(22(24(28)29)31-25(2,3)4)20(23(32-14)15-7-9-27-10-8-15)17-12-16-6-5-11-30-21(16)18(26)13-17/h7-10,12-13,22H,5-6,11H2,1-4H3,(H,28,29). The Balaban J connectivity index is 1.99. The molecule has 1 unspecified atom stereocenters. The Morgan fingerprint density at radius 3 is 2.62 bits per heavy atom. The smallest absolute Gasteiger partial charge is 0.337 e. The molecule has 168 valence electrons. The van der Waals surface area contributed by atoms with Crippen molar-refractivity contribution in [2.75, 3.05) is 6.61 Å². The molecule has 0 spiro atoms. The van der Waals surface area contributed by atoms with Crippen molar-refractivity contribution >= 4 is 17.3 Å². The van der Waals surface area contributed by atoms with Gasteiger partial charge in [-0.05, 0) is 81.5 Å². The summed E-state index contributed by atoms with van der Waals surface area (Å²) < 4.78 is 26.6. The molecule has 0 amide bonds. The van der Waals surface area contributed by atoms with E-state index in [2.05, 4.69) is 4.98 Å². The van der Waals surface area contributed by atoms with Gasteiger partial charge in [-0.2, -0.15) is 0 Å². The molecule has 1 aromatic carbocycles. The van der Waals surface area contributed by atoms with Crippen LogP contribution in [-0.2, 0) is 16.0 Å². The second-order valence-corrected chi connectivity index (χ2v) is 10.1. The van der Waals surface area contributed by atoms with E-state index in [4.69, 9.17) is 9.47 Å². The summed E-state index contributed by atoms with van der Waals surface area (Å²) in [6.45, 7) is 7.85. The SMILES string of the molecule is Cc1sc(-c2ccncc2)c(-c2cc(F)c3c(c2)CCCO3)c1C(OC(C)(C)C)C(=O)O. The Morgan fingerprint density at radius 2 is 1.97 bits per heavy atom. The monoisotopic (exact) mass is 455 g/mol. The van der Waals surface area contributed by atoms with Crippen molar-refractivity contribution in [2.45, 2.75) is 52.2 Å². The zero-order valence-electron chi connectivity index (χ0n) is 18.6. The minimum atomic E-state index is -1.19. The highest BCUT2D eigenvalue weighted by atomic mass is 32.1. The van der Waals surface area contributed by atoms with Crippen molar-refractivity contribution in [3.8, 4) is 27.3 Å². The maximum Gasteiger partial charge on any atom is 0.337 e. The van der Waals surface area contributed by atoms with Crippen LogP contribution in [0.5, 0.6) is 5.75 Å². The van der Waals surface area contributed by atoms with Gasteiger partial charge in [0.25, 0.3) is 0 Å². The molecule has 4 rings (SSSR count). The van der Waals surface area contributed by atoms with Gasteiger partial charge in [0, 0.05) is 33.3 Å². The van der Waals surface area contributed by atoms with E-state index < -0.39 is 23.5 Å². The van der Waals surface area contributed by atoms with Crippen molar-refractivity contribution in [2.24, 2.45) is 0 Å². The van der Waals surface area contributed by atoms with E-state index in [9.17, 15) is 9.90 Å². The number of benzene rings is 1. The largest absolute Gasteiger partial charge is 0.490 e. The maximum absolute atomic E-state index is 15.0. The fourth-order valence-electron chi connectivity index (χ4n) is 4.03. The lowest BCUT2D eigenvalue weighted by Gasteiger charge is -2.26. The number of pyridine rings is 1. The Kier molecular flexibility index (Phi) is 6.05. The van der Waals surface area contributed by atoms with Crippen molar-refractivity contribution in [1.82, 2.24) is 4.98 Å². The Bertz CT molecular complexity index is 1150. The first-order valence-electron chi connectivity index (χ1n) is 10.6. The van der Waals surface area contributed by atoms with E-state index in [-0.39, 0.29) is 0 Å². The number of hydrogen-bond acceptors (Lipinski definition) is 5. The van der Waals surface area contributed by atoms with Gasteiger partial charge in [-0.15, -0.1) is 11.3 Å². The summed E-state index contributed by atoms with van der Waals surface area (Å²) in [7, 11) is 0. The van der Waals surface area contributed by atoms with Gasteiger partial charge >= 0.3 is 5.97 Å². The van der Waals surface area contributed by atoms with Gasteiger partial charge in [0.05, 0.1) is 12.2 Å². The van der Waals surface area contributed by atoms with E-state index in [1.807, 2.05) is 45.9 Å². The van der Waals surface area contributed by atoms with E-state index in [0.29, 0.717) is 35.5 Å². The fraction of sp³-hybridized carbons (Fsp3) is 0.360. The predicted octanol–water partition coefficient (Wildman–Crippen LogP) is 6.19. The number of carbonyl (C=O) groups is 1. The van der Waals surface area contributed by atoms with Gasteiger partial charge < -0.3 is 14.6 Å². The molecule has 3 aromatic rings. The molecule has 0 saturated carbocycles. The molecule has 1 aliphatic heterocycles. The van der Waals surface area contributed by atoms with Gasteiger partial charge in [0.2, 0.25) is 0 Å². The number of nitrogens with zero attached hydrogens (tertiary/aromatic N) is 1. The first-order chi connectivity index (χ1) is 15.2. The zero-order chi connectivity index (χ0) is 23.0. The lowest BCUT2D eigenvalue weighted by molar-refractivity contribution is -0.160. The lowest BCUT2D eigenvalue weighted by Crippen LogP contribution is -2.27. The fourth-order valence-corrected chi connectivity index (χ4v) is 5.24. The summed E-state index contributed by atoms with van der Waals surface area (Å²) in [5.74, 6) is -1.22. The normalized spacial score (nSPS) is 14.5. The van der Waals surface area contributed by atoms with Gasteiger partial charge in [-0.3, -0.25) is 4.98 Å². The van der Waals surface area contributed by atoms with Gasteiger partial charge in [-0.25, -0.2) is 9.18 Å². The molecule has 0 aliphatic carbocycles. The van der Waals surface area contributed by atoms with E-state index >= 15 is 4.39 Å². The van der Waals surface area contributed by atoms with Gasteiger partial charge in [0.1, 0.15) is 0 Å². The molecule has 0 radical (unpaired) electrons. The molecule has 32 heavy (non-hydrogen) atoms. The van der Waals surface area contributed by atoms with Crippen LogP contribution in [0.15, 0.2) is 36.7 Å². The molecule has 2 aromatic heterocycles. The highest BCUT2D eigenvalue weighted by Crippen LogP contribution is 2.48. The summed E-state index contributed by atoms with van der Waals surface area (Å²) in [6.07, 6.45) is 3.72. The molecule has 3 heterocycles. The average Bonchev–Trinajstić information content (AvgIpc) is 3.08. The summed E-state index contributed by atoms with van der Waals surface area (Å²) in [4.78, 5) is 18.1. The minimum absolute atomic E-state index is 0.291. The molecule has 1 N–H and O–H groups in total. The van der Waals surface area contributed by atoms with Crippen LogP contribution in [0, 0.1) is 12.7 Å². The highest BCUT2D eigenvalue weighted by molar-refractivity contribution is 7.16. The van der Waals surface area contributed by atoms with Crippen LogP contribution in [0.25, 0.3) is 21.6 Å². The number of ether oxygens (including phenoxy) is 2. The molecular formula is C25H26FNO4S. The van der Waals surface area contributed by atoms with Crippen LogP contribution in [0.2, 0.25) is 0 Å². The number of rotatable bonds is 5. The second kappa shape index (κ2) is 8.64. The van der Waals surface area contributed by atoms with Crippen molar-refractivity contribution in [1.29, 1.82) is 0 Å². The number of halogens is 1. The topological polar surface area (TPSA) is 68.7 Å². The van der Waals surface area contributed by atoms with Gasteiger partial charge in [-0.1, -0.05) is 0 Å². The number of aliphatic carboxylic acids is 1. The second-order valence-electron chi connectivity index (χ2n) is 8.86. The lowest BCUT2D eigenvalue weighted by atomic mass is 9.91. The van der Waals surface area contributed by atoms with E-state index in [1.54, 1.807) is 12.4 Å². The number of aromatic nitrogens is 1. The van der Waals surface area contributed by atoms with Crippen LogP contribution < -0.4 is 4.74 Å². The minimum Gasteiger partial charge on any atom is -0.490 e. The van der Waals surface area contributed by atoms with Crippen molar-refractivity contribution in [3.63, 3.8) is 0 Å². The molecule has 0 saturated heterocycles. The number of thiophene rings is 1. The van der Waals surface area contributed by atoms with Crippen LogP contribution in [-0.4, -0.2) is 28.3 Å². The van der Waals surface area contributed by atoms with Crippen molar-refractivity contribution in [3.05, 3.63) is 58.5 Å². The Morgan fingerprint density at radius 1 is 1.25 bits per heavy atom. The molecule has 1 atom stereocenters. The molecule has 5 nitrogen and oxygen atoms in total. The summed E-state index contributed by atoms with van der Waals surface area (Å²) in [5.41, 5.74) is 2.87. The molecule has 0 bridgehead atoms. The highest BCUT2D eigenvalue weighted by Gasteiger charge is 2.34. The summed E-state index contributed by atoms with van der Waals surface area (Å²) >= 11 is 1.48. The zero-order valence-corrected chi connectivity index (χ0v) is 19.4.